The van der Waals surface area contributed by atoms with Gasteiger partial charge in [0, 0.05) is 71.1 Å². The van der Waals surface area contributed by atoms with Crippen LogP contribution in [0.1, 0.15) is 121 Å². The summed E-state index contributed by atoms with van der Waals surface area (Å²) in [5.41, 5.74) is 20.4. The van der Waals surface area contributed by atoms with Gasteiger partial charge in [-0.3, -0.25) is 9.59 Å². The molecule has 6 heterocycles. The van der Waals surface area contributed by atoms with Gasteiger partial charge >= 0.3 is 28.7 Å². The van der Waals surface area contributed by atoms with Crippen molar-refractivity contribution in [3.63, 3.8) is 0 Å². The number of allylic oxidation sites excluding steroid dienone is 1. The summed E-state index contributed by atoms with van der Waals surface area (Å²) in [4.78, 5) is 67.5. The van der Waals surface area contributed by atoms with Gasteiger partial charge in [0.1, 0.15) is 5.82 Å². The monoisotopic (exact) mass is 963 g/mol. The summed E-state index contributed by atoms with van der Waals surface area (Å²) in [5.74, 6) is -4.13. The van der Waals surface area contributed by atoms with E-state index in [4.69, 9.17) is 26.5 Å². The SMILES string of the molecule is C=Cc1c2[n-]c(c1C)CC1NC(C(CC(=O)O)c3[n-]c(c(C)c3C(=O)O)CC3NC(C2)C(C)=C3CC)C(CCC(=O)[O-])C1C.CC(=C(S)CCO)N(C=O)Cc1cnc(N)nc1N.O.[Co+3]. The van der Waals surface area contributed by atoms with Gasteiger partial charge in [-0.05, 0) is 89.5 Å². The van der Waals surface area contributed by atoms with E-state index < -0.39 is 29.9 Å². The van der Waals surface area contributed by atoms with Crippen LogP contribution in [-0.4, -0.2) is 90.8 Å². The molecule has 0 spiro atoms. The molecule has 356 valence electrons. The molecule has 0 aliphatic carbocycles. The molecular weight excluding hydrogens is 902 g/mol. The molecule has 3 aliphatic heterocycles. The third kappa shape index (κ3) is 12.1. The van der Waals surface area contributed by atoms with Crippen LogP contribution in [-0.2, 0) is 57.0 Å². The number of carboxylic acid groups (broad SMARTS) is 3. The van der Waals surface area contributed by atoms with Crippen molar-refractivity contribution in [3.05, 3.63) is 85.1 Å². The van der Waals surface area contributed by atoms with E-state index in [0.29, 0.717) is 59.5 Å². The van der Waals surface area contributed by atoms with Crippen LogP contribution < -0.4 is 37.2 Å². The van der Waals surface area contributed by atoms with Crippen molar-refractivity contribution in [2.24, 2.45) is 11.8 Å². The van der Waals surface area contributed by atoms with Gasteiger partial charge in [0.15, 0.2) is 0 Å². The van der Waals surface area contributed by atoms with E-state index in [1.807, 2.05) is 13.0 Å². The number of aromatic nitrogens is 4. The molecule has 8 bridgehead atoms. The molecule has 3 aromatic heterocycles. The minimum atomic E-state index is -1.17. The third-order valence-electron chi connectivity index (χ3n) is 13.2. The molecule has 7 unspecified atom stereocenters. The number of aliphatic hydroxyl groups excluding tert-OH is 1. The number of fused-ring (bicyclic) bond motifs is 8. The van der Waals surface area contributed by atoms with Gasteiger partial charge in [-0.15, -0.1) is 18.3 Å². The van der Waals surface area contributed by atoms with Crippen LogP contribution in [0.2, 0.25) is 0 Å². The van der Waals surface area contributed by atoms with Crippen molar-refractivity contribution in [2.75, 3.05) is 18.1 Å². The Bertz CT molecular complexity index is 2290. The number of carbonyl (C=O) groups excluding carboxylic acids is 2. The van der Waals surface area contributed by atoms with Crippen molar-refractivity contribution in [1.82, 2.24) is 35.5 Å². The number of carbonyl (C=O) groups is 4. The van der Waals surface area contributed by atoms with Gasteiger partial charge in [-0.25, -0.2) is 9.78 Å². The van der Waals surface area contributed by atoms with Crippen molar-refractivity contribution < 1.29 is 61.9 Å². The number of nitrogens with one attached hydrogen (secondary N) is 2. The fourth-order valence-electron chi connectivity index (χ4n) is 9.69. The maximum Gasteiger partial charge on any atom is 3.00 e. The number of nitrogen functional groups attached to an aromatic ring is 2. The molecule has 0 saturated carbocycles. The first kappa shape index (κ1) is 54.4. The van der Waals surface area contributed by atoms with Crippen LogP contribution in [0.5, 0.6) is 0 Å². The Morgan fingerprint density at radius 3 is 2.28 bits per heavy atom. The molecule has 1 amide bonds. The van der Waals surface area contributed by atoms with Gasteiger partial charge in [0.25, 0.3) is 0 Å². The molecule has 1 fully saturated rings. The Labute approximate surface area is 395 Å². The zero-order chi connectivity index (χ0) is 46.4. The van der Waals surface area contributed by atoms with E-state index >= 15 is 0 Å². The van der Waals surface area contributed by atoms with E-state index in [9.17, 15) is 34.5 Å². The van der Waals surface area contributed by atoms with Crippen LogP contribution in [0.15, 0.2) is 34.5 Å². The van der Waals surface area contributed by atoms with Crippen LogP contribution >= 0.6 is 12.6 Å². The standard InChI is InChI=1S/C34H44N4O6.C11H17N5O2S.Co.H2O/c1-7-19-15(3)23-12-25-17(5)21(9-10-29(39)40)32(37-25)22(11-30(41)42)33-31(34(43)44)18(6)26(38-33)14-28-20(8-2)16(4)24(36-28)13-27(19)35-23;1-7(9(19)2-3-17)16(6-18)5-8-4-14-11(13)15-10(8)12;;/h7,17,21-22,24-25,28,32,36-37H,1,8-14H2,2-6H3,(H,39,40)(H,41,42)(H,43,44);4,6,17,19H,2-3,5H2,1H3,(H4,12,13,14,15);;1H2/q-2;;+3;/p-1. The molecule has 0 radical (unpaired) electrons. The normalized spacial score (nSPS) is 22.7. The molecule has 65 heavy (non-hydrogen) atoms. The predicted octanol–water partition coefficient (Wildman–Crippen LogP) is 1.96. The number of rotatable bonds is 14. The summed E-state index contributed by atoms with van der Waals surface area (Å²) in [7, 11) is 0. The third-order valence-corrected chi connectivity index (χ3v) is 13.8. The average molecular weight is 964 g/mol. The molecule has 18 nitrogen and oxygen atoms in total. The molecule has 7 atom stereocenters. The number of hydrogen-bond donors (Lipinski definition) is 8. The fourth-order valence-corrected chi connectivity index (χ4v) is 9.92. The number of hydrogen-bond acceptors (Lipinski definition) is 13. The number of carboxylic acids is 3. The minimum Gasteiger partial charge on any atom is -0.664 e. The second-order valence-corrected chi connectivity index (χ2v) is 17.3. The Morgan fingerprint density at radius 2 is 1.71 bits per heavy atom. The summed E-state index contributed by atoms with van der Waals surface area (Å²) in [6, 6.07) is -0.638. The molecule has 1 saturated heterocycles. The topological polar surface area (TPSA) is 317 Å². The zero-order valence-corrected chi connectivity index (χ0v) is 39.5. The van der Waals surface area contributed by atoms with Gasteiger partial charge in [-0.1, -0.05) is 48.8 Å². The number of nitrogens with two attached hydrogens (primary N) is 2. The number of aromatic carboxylic acids is 1. The number of amides is 1. The smallest absolute Gasteiger partial charge is 0.664 e. The first-order valence-electron chi connectivity index (χ1n) is 21.2. The summed E-state index contributed by atoms with van der Waals surface area (Å²) in [6.45, 7) is 16.1. The van der Waals surface area contributed by atoms with E-state index in [1.54, 1.807) is 13.8 Å². The quantitative estimate of drug-likeness (QED) is 0.0651. The van der Waals surface area contributed by atoms with Crippen molar-refractivity contribution in [2.45, 2.75) is 130 Å². The number of thiol groups is 1. The summed E-state index contributed by atoms with van der Waals surface area (Å²) in [6.07, 6.45) is 6.71. The zero-order valence-electron chi connectivity index (χ0n) is 37.6. The van der Waals surface area contributed by atoms with Gasteiger partial charge < -0.3 is 67.7 Å². The van der Waals surface area contributed by atoms with Crippen LogP contribution in [0.3, 0.4) is 0 Å². The van der Waals surface area contributed by atoms with Gasteiger partial charge in [-0.2, -0.15) is 22.1 Å². The molecule has 6 rings (SSSR count). The Morgan fingerprint density at radius 1 is 1.05 bits per heavy atom. The molecule has 3 aliphatic rings. The van der Waals surface area contributed by atoms with E-state index in [-0.39, 0.29) is 108 Å². The number of aliphatic carboxylic acids is 2. The van der Waals surface area contributed by atoms with Crippen molar-refractivity contribution >= 4 is 54.8 Å². The van der Waals surface area contributed by atoms with Crippen LogP contribution in [0.4, 0.5) is 11.8 Å². The number of aliphatic hydroxyl groups is 1. The van der Waals surface area contributed by atoms with E-state index in [0.717, 1.165) is 28.9 Å². The number of nitrogens with zero attached hydrogens (tertiary/aromatic N) is 5. The second-order valence-electron chi connectivity index (χ2n) is 16.8. The first-order valence-corrected chi connectivity index (χ1v) is 21.7. The maximum absolute atomic E-state index is 12.7. The van der Waals surface area contributed by atoms with E-state index in [2.05, 4.69) is 60.6 Å². The molecule has 3 aromatic rings. The van der Waals surface area contributed by atoms with Crippen molar-refractivity contribution in [1.29, 1.82) is 0 Å². The maximum atomic E-state index is 12.7. The van der Waals surface area contributed by atoms with Crippen LogP contribution in [0, 0.1) is 25.7 Å². The summed E-state index contributed by atoms with van der Waals surface area (Å²) < 4.78 is 0. The fraction of sp³-hybridized carbons (Fsp3) is 0.511. The van der Waals surface area contributed by atoms with Crippen LogP contribution in [0.25, 0.3) is 6.08 Å². The van der Waals surface area contributed by atoms with Crippen molar-refractivity contribution in [3.8, 4) is 0 Å². The molecule has 0 aromatic carbocycles. The minimum absolute atomic E-state index is 0. The van der Waals surface area contributed by atoms with Gasteiger partial charge in [0.05, 0.1) is 13.0 Å². The molecule has 20 heteroatoms. The summed E-state index contributed by atoms with van der Waals surface area (Å²) in [5, 5.41) is 48.3. The first-order chi connectivity index (χ1) is 29.8. The van der Waals surface area contributed by atoms with Gasteiger partial charge in [0.2, 0.25) is 12.4 Å². The Balaban J connectivity index is 0.000000452. The summed E-state index contributed by atoms with van der Waals surface area (Å²) >= 11 is 4.24. The molecule has 11 N–H and O–H groups in total. The second kappa shape index (κ2) is 23.5. The number of anilines is 2. The Kier molecular flexibility index (Phi) is 19.6. The Hall–Kier alpha value is -4.96. The largest absolute Gasteiger partial charge is 3.00 e. The predicted molar refractivity (Wildman–Crippen MR) is 243 cm³/mol. The molecular formula is C45H62CoN9O9S. The average Bonchev–Trinajstić information content (AvgIpc) is 3.91. The van der Waals surface area contributed by atoms with E-state index in [1.165, 1.54) is 22.2 Å².